The fraction of sp³-hybridized carbons (Fsp3) is 0.857. The zero-order valence-corrected chi connectivity index (χ0v) is 6.53. The molecule has 12 heavy (non-hydrogen) atoms. The summed E-state index contributed by atoms with van der Waals surface area (Å²) in [7, 11) is 0. The Morgan fingerprint density at radius 2 is 1.92 bits per heavy atom. The number of alkyl halides is 1. The largest absolute Gasteiger partial charge is 0.370 e. The van der Waals surface area contributed by atoms with E-state index in [0.717, 1.165) is 0 Å². The Morgan fingerprint density at radius 3 is 2.42 bits per heavy atom. The molecule has 0 aromatic heterocycles. The van der Waals surface area contributed by atoms with Crippen molar-refractivity contribution in [2.75, 3.05) is 13.1 Å². The van der Waals surface area contributed by atoms with E-state index in [0.29, 0.717) is 25.9 Å². The van der Waals surface area contributed by atoms with Crippen LogP contribution in [0.5, 0.6) is 0 Å². The second-order valence-corrected chi connectivity index (χ2v) is 2.69. The van der Waals surface area contributed by atoms with Crippen LogP contribution in [-0.4, -0.2) is 25.6 Å². The highest BCUT2D eigenvalue weighted by Crippen LogP contribution is 2.19. The number of hydrogen-bond donors (Lipinski definition) is 1. The first kappa shape index (κ1) is 9.80. The summed E-state index contributed by atoms with van der Waals surface area (Å²) in [6.07, 6.45) is -3.99. The molecule has 1 saturated heterocycles. The van der Waals surface area contributed by atoms with Gasteiger partial charge in [-0.2, -0.15) is 8.78 Å². The maximum atomic E-state index is 12.3. The highest BCUT2D eigenvalue weighted by atomic mass is 19.3. The number of rotatable bonds is 3. The molecular formula is C7H11F3NO. The molecule has 1 atom stereocenters. The van der Waals surface area contributed by atoms with Gasteiger partial charge in [0.05, 0.1) is 6.10 Å². The quantitative estimate of drug-likeness (QED) is 0.713. The van der Waals surface area contributed by atoms with Gasteiger partial charge in [0.25, 0.3) is 6.36 Å². The lowest BCUT2D eigenvalue weighted by Gasteiger charge is -2.23. The third kappa shape index (κ3) is 2.98. The van der Waals surface area contributed by atoms with Gasteiger partial charge < -0.3 is 10.1 Å². The topological polar surface area (TPSA) is 21.3 Å². The van der Waals surface area contributed by atoms with Crippen LogP contribution in [0.1, 0.15) is 12.8 Å². The first-order valence-corrected chi connectivity index (χ1v) is 3.88. The zero-order valence-electron chi connectivity index (χ0n) is 6.53. The molecule has 1 rings (SSSR count). The van der Waals surface area contributed by atoms with E-state index in [9.17, 15) is 13.2 Å². The van der Waals surface area contributed by atoms with Gasteiger partial charge >= 0.3 is 6.43 Å². The van der Waals surface area contributed by atoms with E-state index in [-0.39, 0.29) is 6.10 Å². The first-order valence-electron chi connectivity index (χ1n) is 3.88. The van der Waals surface area contributed by atoms with E-state index in [1.807, 2.05) is 0 Å². The first-order chi connectivity index (χ1) is 5.70. The Labute approximate surface area is 69.1 Å². The van der Waals surface area contributed by atoms with Crippen molar-refractivity contribution in [2.45, 2.75) is 25.3 Å². The Morgan fingerprint density at radius 1 is 1.33 bits per heavy atom. The summed E-state index contributed by atoms with van der Waals surface area (Å²) in [5.74, 6) is 0. The van der Waals surface area contributed by atoms with Gasteiger partial charge in [0.15, 0.2) is 0 Å². The molecule has 1 heterocycles. The van der Waals surface area contributed by atoms with E-state index in [1.165, 1.54) is 0 Å². The molecule has 1 fully saturated rings. The summed E-state index contributed by atoms with van der Waals surface area (Å²) in [5, 5.41) is 3.02. The van der Waals surface area contributed by atoms with Crippen molar-refractivity contribution in [1.82, 2.24) is 5.32 Å². The van der Waals surface area contributed by atoms with E-state index < -0.39 is 12.8 Å². The maximum Gasteiger partial charge on any atom is 0.370 e. The zero-order chi connectivity index (χ0) is 8.97. The van der Waals surface area contributed by atoms with Crippen molar-refractivity contribution in [1.29, 1.82) is 0 Å². The van der Waals surface area contributed by atoms with E-state index >= 15 is 0 Å². The van der Waals surface area contributed by atoms with Crippen molar-refractivity contribution in [3.8, 4) is 0 Å². The molecule has 0 bridgehead atoms. The van der Waals surface area contributed by atoms with Crippen LogP contribution in [-0.2, 0) is 4.74 Å². The molecule has 1 aliphatic rings. The minimum atomic E-state index is -2.51. The van der Waals surface area contributed by atoms with Crippen LogP contribution in [0.25, 0.3) is 0 Å². The summed E-state index contributed by atoms with van der Waals surface area (Å²) < 4.78 is 39.9. The van der Waals surface area contributed by atoms with Gasteiger partial charge in [0, 0.05) is 0 Å². The highest BCUT2D eigenvalue weighted by molar-refractivity contribution is 4.72. The fourth-order valence-electron chi connectivity index (χ4n) is 1.15. The molecule has 1 N–H and O–H groups in total. The van der Waals surface area contributed by atoms with E-state index in [2.05, 4.69) is 10.1 Å². The molecular weight excluding hydrogens is 171 g/mol. The average Bonchev–Trinajstić information content (AvgIpc) is 2.06. The minimum absolute atomic E-state index is 0.372. The molecule has 1 aliphatic heterocycles. The summed E-state index contributed by atoms with van der Waals surface area (Å²) in [4.78, 5) is 0. The van der Waals surface area contributed by atoms with E-state index in [4.69, 9.17) is 0 Å². The smallest absolute Gasteiger partial charge is 0.340 e. The average molecular weight is 182 g/mol. The number of nitrogens with one attached hydrogen (secondary N) is 1. The second kappa shape index (κ2) is 4.67. The van der Waals surface area contributed by atoms with Crippen LogP contribution in [0.4, 0.5) is 13.2 Å². The van der Waals surface area contributed by atoms with Crippen molar-refractivity contribution in [3.05, 3.63) is 6.43 Å². The molecule has 71 valence electrons. The third-order valence-electron chi connectivity index (χ3n) is 1.77. The monoisotopic (exact) mass is 182 g/mol. The standard InChI is InChI=1S/C7H11F3NO/c8-6(9)7(10)12-5-1-3-11-4-2-5/h5,7,11H,1-4H2. The molecule has 1 unspecified atom stereocenters. The molecule has 0 amide bonds. The summed E-state index contributed by atoms with van der Waals surface area (Å²) in [5.41, 5.74) is 0. The summed E-state index contributed by atoms with van der Waals surface area (Å²) in [6.45, 7) is 1.40. The van der Waals surface area contributed by atoms with Gasteiger partial charge in [0.2, 0.25) is 0 Å². The molecule has 2 nitrogen and oxygen atoms in total. The van der Waals surface area contributed by atoms with Crippen molar-refractivity contribution < 1.29 is 17.9 Å². The molecule has 1 radical (unpaired) electrons. The van der Waals surface area contributed by atoms with Gasteiger partial charge in [-0.3, -0.25) is 0 Å². The second-order valence-electron chi connectivity index (χ2n) is 2.69. The van der Waals surface area contributed by atoms with Gasteiger partial charge in [0.1, 0.15) is 0 Å². The Kier molecular flexibility index (Phi) is 3.81. The Balaban J connectivity index is 2.20. The normalized spacial score (nSPS) is 23.0. The number of piperidine rings is 1. The lowest BCUT2D eigenvalue weighted by atomic mass is 10.1. The molecule has 5 heteroatoms. The Hall–Kier alpha value is -0.290. The summed E-state index contributed by atoms with van der Waals surface area (Å²) >= 11 is 0. The van der Waals surface area contributed by atoms with Gasteiger partial charge in [-0.05, 0) is 25.9 Å². The van der Waals surface area contributed by atoms with Crippen LogP contribution >= 0.6 is 0 Å². The molecule has 0 aromatic carbocycles. The lowest BCUT2D eigenvalue weighted by Crippen LogP contribution is -2.34. The van der Waals surface area contributed by atoms with Crippen LogP contribution in [0.3, 0.4) is 0 Å². The Bertz CT molecular complexity index is 128. The van der Waals surface area contributed by atoms with Gasteiger partial charge in [-0.15, -0.1) is 0 Å². The van der Waals surface area contributed by atoms with Crippen LogP contribution in [0.2, 0.25) is 0 Å². The predicted octanol–water partition coefficient (Wildman–Crippen LogP) is 1.48. The minimum Gasteiger partial charge on any atom is -0.340 e. The molecule has 0 saturated carbocycles. The van der Waals surface area contributed by atoms with Crippen molar-refractivity contribution >= 4 is 0 Å². The van der Waals surface area contributed by atoms with E-state index in [1.54, 1.807) is 0 Å². The maximum absolute atomic E-state index is 12.3. The van der Waals surface area contributed by atoms with Crippen molar-refractivity contribution in [3.63, 3.8) is 0 Å². The van der Waals surface area contributed by atoms with Crippen LogP contribution < -0.4 is 5.32 Å². The molecule has 0 spiro atoms. The number of halogens is 3. The number of ether oxygens (including phenoxy) is 1. The van der Waals surface area contributed by atoms with Gasteiger partial charge in [-0.25, -0.2) is 4.39 Å². The fourth-order valence-corrected chi connectivity index (χ4v) is 1.15. The van der Waals surface area contributed by atoms with Crippen LogP contribution in [0.15, 0.2) is 0 Å². The lowest BCUT2D eigenvalue weighted by molar-refractivity contribution is -0.120. The third-order valence-corrected chi connectivity index (χ3v) is 1.77. The van der Waals surface area contributed by atoms with Gasteiger partial charge in [-0.1, -0.05) is 0 Å². The molecule has 0 aromatic rings. The summed E-state index contributed by atoms with van der Waals surface area (Å²) in [6, 6.07) is 0. The highest BCUT2D eigenvalue weighted by Gasteiger charge is 2.26. The molecule has 0 aliphatic carbocycles. The van der Waals surface area contributed by atoms with Crippen molar-refractivity contribution in [2.24, 2.45) is 0 Å². The number of hydrogen-bond acceptors (Lipinski definition) is 2. The SMILES string of the molecule is F[C](F)C(F)OC1CCNCC1. The van der Waals surface area contributed by atoms with Crippen LogP contribution in [0, 0.1) is 6.43 Å². The predicted molar refractivity (Wildman–Crippen MR) is 37.3 cm³/mol.